The van der Waals surface area contributed by atoms with E-state index < -0.39 is 0 Å². The predicted molar refractivity (Wildman–Crippen MR) is 131 cm³/mol. The maximum absolute atomic E-state index is 2.75. The van der Waals surface area contributed by atoms with Crippen molar-refractivity contribution in [3.63, 3.8) is 0 Å². The molecule has 4 aliphatic rings. The Bertz CT molecular complexity index is 632. The summed E-state index contributed by atoms with van der Waals surface area (Å²) in [7, 11) is 4.57. The summed E-state index contributed by atoms with van der Waals surface area (Å²) >= 11 is 0. The van der Waals surface area contributed by atoms with Gasteiger partial charge in [0, 0.05) is 6.04 Å². The zero-order chi connectivity index (χ0) is 21.7. The van der Waals surface area contributed by atoms with E-state index in [1.54, 1.807) is 0 Å². The largest absolute Gasteiger partial charge is 0.306 e. The van der Waals surface area contributed by atoms with Gasteiger partial charge in [-0.25, -0.2) is 0 Å². The molecule has 1 heteroatoms. The summed E-state index contributed by atoms with van der Waals surface area (Å²) in [4.78, 5) is 2.48. The second-order valence-corrected chi connectivity index (χ2v) is 13.1. The van der Waals surface area contributed by atoms with Gasteiger partial charge in [-0.15, -0.1) is 0 Å². The molecule has 30 heavy (non-hydrogen) atoms. The summed E-state index contributed by atoms with van der Waals surface area (Å²) in [5.41, 5.74) is 2.98. The van der Waals surface area contributed by atoms with Crippen molar-refractivity contribution in [1.29, 1.82) is 0 Å². The van der Waals surface area contributed by atoms with Crippen molar-refractivity contribution in [3.8, 4) is 0 Å². The zero-order valence-corrected chi connectivity index (χ0v) is 21.3. The Morgan fingerprint density at radius 3 is 2.43 bits per heavy atom. The lowest BCUT2D eigenvalue weighted by Gasteiger charge is -2.59. The van der Waals surface area contributed by atoms with Crippen LogP contribution < -0.4 is 0 Å². The van der Waals surface area contributed by atoms with E-state index in [1.807, 2.05) is 5.57 Å². The van der Waals surface area contributed by atoms with Crippen LogP contribution in [0, 0.1) is 46.3 Å². The molecule has 0 spiro atoms. The molecule has 0 radical (unpaired) electrons. The monoisotopic (exact) mass is 413 g/mol. The van der Waals surface area contributed by atoms with E-state index in [2.05, 4.69) is 59.7 Å². The number of hydrogen-bond acceptors (Lipinski definition) is 1. The van der Waals surface area contributed by atoms with Crippen LogP contribution in [-0.4, -0.2) is 25.0 Å². The van der Waals surface area contributed by atoms with Gasteiger partial charge >= 0.3 is 0 Å². The summed E-state index contributed by atoms with van der Waals surface area (Å²) in [5, 5.41) is 0. The average Bonchev–Trinajstić information content (AvgIpc) is 3.04. The lowest BCUT2D eigenvalue weighted by molar-refractivity contribution is -0.0535. The van der Waals surface area contributed by atoms with Crippen molar-refractivity contribution in [3.05, 3.63) is 11.6 Å². The zero-order valence-electron chi connectivity index (χ0n) is 21.3. The Labute approximate surface area is 188 Å². The first kappa shape index (κ1) is 22.9. The fourth-order valence-corrected chi connectivity index (χ4v) is 9.11. The SMILES string of the molecule is CC(C)CCC[C@@H](C)[C@@H]1CC[C@@H]2[C@@H]3CC=C4C[C@H](N(C)C)CC[C@]4(C)[C@H]3CC[C@]21C. The van der Waals surface area contributed by atoms with Gasteiger partial charge < -0.3 is 4.90 Å². The molecule has 0 amide bonds. The van der Waals surface area contributed by atoms with Crippen LogP contribution >= 0.6 is 0 Å². The van der Waals surface area contributed by atoms with Crippen LogP contribution in [0.25, 0.3) is 0 Å². The highest BCUT2D eigenvalue weighted by atomic mass is 15.1. The highest BCUT2D eigenvalue weighted by Gasteiger charge is 2.59. The third kappa shape index (κ3) is 3.84. The van der Waals surface area contributed by atoms with Gasteiger partial charge in [0.2, 0.25) is 0 Å². The van der Waals surface area contributed by atoms with E-state index in [1.165, 1.54) is 70.6 Å². The van der Waals surface area contributed by atoms with Crippen LogP contribution in [0.4, 0.5) is 0 Å². The molecule has 0 unspecified atom stereocenters. The molecule has 4 aliphatic carbocycles. The summed E-state index contributed by atoms with van der Waals surface area (Å²) in [6.07, 6.45) is 18.7. The van der Waals surface area contributed by atoms with E-state index in [4.69, 9.17) is 0 Å². The lowest BCUT2D eigenvalue weighted by Crippen LogP contribution is -2.51. The van der Waals surface area contributed by atoms with Gasteiger partial charge in [-0.3, -0.25) is 0 Å². The normalized spacial score (nSPS) is 44.4. The molecule has 0 saturated heterocycles. The van der Waals surface area contributed by atoms with Gasteiger partial charge in [0.1, 0.15) is 0 Å². The highest BCUT2D eigenvalue weighted by molar-refractivity contribution is 5.26. The first-order valence-electron chi connectivity index (χ1n) is 13.5. The Morgan fingerprint density at radius 2 is 1.73 bits per heavy atom. The van der Waals surface area contributed by atoms with Gasteiger partial charge in [-0.2, -0.15) is 0 Å². The Hall–Kier alpha value is -0.300. The third-order valence-electron chi connectivity index (χ3n) is 11.0. The molecule has 4 rings (SSSR count). The molecule has 0 N–H and O–H groups in total. The quantitative estimate of drug-likeness (QED) is 0.399. The van der Waals surface area contributed by atoms with Crippen molar-refractivity contribution in [2.75, 3.05) is 14.1 Å². The fraction of sp³-hybridized carbons (Fsp3) is 0.931. The maximum atomic E-state index is 2.75. The van der Waals surface area contributed by atoms with Gasteiger partial charge in [0.25, 0.3) is 0 Å². The summed E-state index contributed by atoms with van der Waals surface area (Å²) < 4.78 is 0. The minimum atomic E-state index is 0.512. The van der Waals surface area contributed by atoms with E-state index in [-0.39, 0.29) is 0 Å². The average molecular weight is 414 g/mol. The minimum absolute atomic E-state index is 0.512. The molecule has 3 saturated carbocycles. The molecule has 8 atom stereocenters. The molecule has 1 nitrogen and oxygen atoms in total. The standard InChI is InChI=1S/C29H51N/c1-20(2)9-8-10-21(3)25-13-14-26-24-12-11-22-19-23(30(6)7)15-17-28(22,4)27(24)16-18-29(25,26)5/h11,20-21,23-27H,8-10,12-19H2,1-7H3/t21-,23-,24+,25+,26-,27+,28+,29+/m1/s1. The fourth-order valence-electron chi connectivity index (χ4n) is 9.11. The van der Waals surface area contributed by atoms with Crippen LogP contribution in [0.3, 0.4) is 0 Å². The Morgan fingerprint density at radius 1 is 0.967 bits per heavy atom. The maximum Gasteiger partial charge on any atom is 0.0127 e. The van der Waals surface area contributed by atoms with Crippen molar-refractivity contribution in [2.45, 2.75) is 111 Å². The van der Waals surface area contributed by atoms with Gasteiger partial charge in [0.15, 0.2) is 0 Å². The van der Waals surface area contributed by atoms with Gasteiger partial charge in [-0.05, 0) is 112 Å². The molecule has 0 aliphatic heterocycles. The number of rotatable bonds is 6. The van der Waals surface area contributed by atoms with E-state index in [0.717, 1.165) is 41.5 Å². The molecule has 0 bridgehead atoms. The molecular weight excluding hydrogens is 362 g/mol. The van der Waals surface area contributed by atoms with E-state index in [0.29, 0.717) is 10.8 Å². The lowest BCUT2D eigenvalue weighted by atomic mass is 9.47. The smallest absolute Gasteiger partial charge is 0.0127 e. The Balaban J connectivity index is 1.48. The van der Waals surface area contributed by atoms with Gasteiger partial charge in [0.05, 0.1) is 0 Å². The molecule has 0 aromatic rings. The summed E-state index contributed by atoms with van der Waals surface area (Å²) in [5.74, 6) is 5.71. The summed E-state index contributed by atoms with van der Waals surface area (Å²) in [6, 6.07) is 0.775. The van der Waals surface area contributed by atoms with Crippen LogP contribution in [0.1, 0.15) is 105 Å². The van der Waals surface area contributed by atoms with Gasteiger partial charge in [-0.1, -0.05) is 65.5 Å². The topological polar surface area (TPSA) is 3.24 Å². The first-order valence-corrected chi connectivity index (χ1v) is 13.5. The number of hydrogen-bond donors (Lipinski definition) is 0. The minimum Gasteiger partial charge on any atom is -0.306 e. The number of nitrogens with zero attached hydrogens (tertiary/aromatic N) is 1. The van der Waals surface area contributed by atoms with E-state index >= 15 is 0 Å². The molecule has 0 heterocycles. The van der Waals surface area contributed by atoms with E-state index in [9.17, 15) is 0 Å². The summed E-state index contributed by atoms with van der Waals surface area (Å²) in [6.45, 7) is 12.8. The number of allylic oxidation sites excluding steroid dienone is 1. The predicted octanol–water partition coefficient (Wildman–Crippen LogP) is 7.96. The second kappa shape index (κ2) is 8.57. The molecule has 3 fully saturated rings. The molecular formula is C29H51N. The first-order chi connectivity index (χ1) is 14.2. The van der Waals surface area contributed by atoms with Crippen molar-refractivity contribution >= 4 is 0 Å². The van der Waals surface area contributed by atoms with Crippen LogP contribution in [-0.2, 0) is 0 Å². The number of fused-ring (bicyclic) bond motifs is 5. The highest BCUT2D eigenvalue weighted by Crippen LogP contribution is 2.67. The van der Waals surface area contributed by atoms with Crippen LogP contribution in [0.5, 0.6) is 0 Å². The molecule has 0 aromatic carbocycles. The van der Waals surface area contributed by atoms with Crippen molar-refractivity contribution in [1.82, 2.24) is 4.90 Å². The van der Waals surface area contributed by atoms with Crippen LogP contribution in [0.2, 0.25) is 0 Å². The van der Waals surface area contributed by atoms with Crippen molar-refractivity contribution < 1.29 is 0 Å². The molecule has 172 valence electrons. The molecule has 0 aromatic heterocycles. The second-order valence-electron chi connectivity index (χ2n) is 13.1. The third-order valence-corrected chi connectivity index (χ3v) is 11.0. The Kier molecular flexibility index (Phi) is 6.53. The van der Waals surface area contributed by atoms with Crippen LogP contribution in [0.15, 0.2) is 11.6 Å². The van der Waals surface area contributed by atoms with Crippen molar-refractivity contribution in [2.24, 2.45) is 46.3 Å².